The van der Waals surface area contributed by atoms with E-state index in [1.165, 1.54) is 29.5 Å². The van der Waals surface area contributed by atoms with Crippen molar-refractivity contribution in [2.45, 2.75) is 51.3 Å². The number of benzene rings is 1. The van der Waals surface area contributed by atoms with Crippen molar-refractivity contribution in [2.75, 3.05) is 5.75 Å². The average Bonchev–Trinajstić information content (AvgIpc) is 2.80. The lowest BCUT2D eigenvalue weighted by atomic mass is 10.1. The summed E-state index contributed by atoms with van der Waals surface area (Å²) in [5.74, 6) is 1.69. The molecule has 0 spiro atoms. The van der Waals surface area contributed by atoms with Crippen molar-refractivity contribution in [3.63, 3.8) is 0 Å². The Kier molecular flexibility index (Phi) is 5.32. The van der Waals surface area contributed by atoms with Crippen molar-refractivity contribution in [1.82, 2.24) is 5.32 Å². The normalized spacial score (nSPS) is 15.7. The smallest absolute Gasteiger partial charge is 0.230 e. The highest BCUT2D eigenvalue weighted by Gasteiger charge is 2.16. The second-order valence-electron chi connectivity index (χ2n) is 5.54. The van der Waals surface area contributed by atoms with Gasteiger partial charge in [-0.15, -0.1) is 11.8 Å². The first kappa shape index (κ1) is 14.4. The molecule has 0 saturated heterocycles. The molecule has 0 unspecified atom stereocenters. The Morgan fingerprint density at radius 1 is 1.21 bits per heavy atom. The van der Waals surface area contributed by atoms with E-state index < -0.39 is 0 Å². The highest BCUT2D eigenvalue weighted by atomic mass is 32.2. The van der Waals surface area contributed by atoms with Crippen LogP contribution in [0.25, 0.3) is 0 Å². The number of aryl methyl sites for hydroxylation is 2. The molecule has 2 rings (SSSR count). The van der Waals surface area contributed by atoms with Gasteiger partial charge in [-0.05, 0) is 32.3 Å². The average molecular weight is 277 g/mol. The molecule has 1 aliphatic carbocycles. The Morgan fingerprint density at radius 3 is 2.47 bits per heavy atom. The third-order valence-corrected chi connectivity index (χ3v) is 4.51. The van der Waals surface area contributed by atoms with Crippen LogP contribution in [0.15, 0.2) is 18.2 Å². The van der Waals surface area contributed by atoms with Crippen molar-refractivity contribution in [1.29, 1.82) is 0 Å². The van der Waals surface area contributed by atoms with Crippen LogP contribution in [0.3, 0.4) is 0 Å². The minimum atomic E-state index is 0.196. The molecule has 0 heterocycles. The van der Waals surface area contributed by atoms with E-state index in [1.54, 1.807) is 11.8 Å². The topological polar surface area (TPSA) is 29.1 Å². The molecule has 0 bridgehead atoms. The molecule has 1 amide bonds. The molecule has 104 valence electrons. The third-order valence-electron chi connectivity index (χ3n) is 3.50. The number of hydrogen-bond donors (Lipinski definition) is 1. The summed E-state index contributed by atoms with van der Waals surface area (Å²) in [6, 6.07) is 7.03. The van der Waals surface area contributed by atoms with Crippen LogP contribution in [0.4, 0.5) is 0 Å². The predicted octanol–water partition coefficient (Wildman–Crippen LogP) is 3.60. The second kappa shape index (κ2) is 6.99. The molecule has 0 aliphatic heterocycles. The van der Waals surface area contributed by atoms with Crippen LogP contribution in [-0.2, 0) is 10.5 Å². The maximum absolute atomic E-state index is 11.8. The highest BCUT2D eigenvalue weighted by Crippen LogP contribution is 2.19. The summed E-state index contributed by atoms with van der Waals surface area (Å²) in [4.78, 5) is 11.8. The van der Waals surface area contributed by atoms with Crippen molar-refractivity contribution in [3.05, 3.63) is 34.9 Å². The largest absolute Gasteiger partial charge is 0.353 e. The van der Waals surface area contributed by atoms with E-state index in [2.05, 4.69) is 37.4 Å². The number of rotatable bonds is 5. The maximum Gasteiger partial charge on any atom is 0.230 e. The lowest BCUT2D eigenvalue weighted by Crippen LogP contribution is -2.33. The molecular formula is C16H23NOS. The van der Waals surface area contributed by atoms with Crippen LogP contribution < -0.4 is 5.32 Å². The van der Waals surface area contributed by atoms with Gasteiger partial charge < -0.3 is 5.32 Å². The van der Waals surface area contributed by atoms with Gasteiger partial charge in [-0.25, -0.2) is 0 Å². The van der Waals surface area contributed by atoms with E-state index in [0.29, 0.717) is 11.8 Å². The summed E-state index contributed by atoms with van der Waals surface area (Å²) in [5.41, 5.74) is 3.91. The van der Waals surface area contributed by atoms with Crippen LogP contribution in [0.5, 0.6) is 0 Å². The molecule has 1 fully saturated rings. The summed E-state index contributed by atoms with van der Waals surface area (Å²) < 4.78 is 0. The van der Waals surface area contributed by atoms with E-state index >= 15 is 0 Å². The zero-order valence-corrected chi connectivity index (χ0v) is 12.7. The summed E-state index contributed by atoms with van der Waals surface area (Å²) in [6.07, 6.45) is 4.85. The van der Waals surface area contributed by atoms with Gasteiger partial charge in [0.2, 0.25) is 5.91 Å². The molecule has 1 aromatic rings. The number of carbonyl (C=O) groups is 1. The first-order valence-corrected chi connectivity index (χ1v) is 8.23. The summed E-state index contributed by atoms with van der Waals surface area (Å²) in [5, 5.41) is 3.13. The summed E-state index contributed by atoms with van der Waals surface area (Å²) in [7, 11) is 0. The SMILES string of the molecule is Cc1cc(C)cc(CSCC(=O)NC2CCCC2)c1. The number of thioether (sulfide) groups is 1. The standard InChI is InChI=1S/C16H23NOS/c1-12-7-13(2)9-14(8-12)10-19-11-16(18)17-15-5-3-4-6-15/h7-9,15H,3-6,10-11H2,1-2H3,(H,17,18). The lowest BCUT2D eigenvalue weighted by Gasteiger charge is -2.11. The zero-order valence-electron chi connectivity index (χ0n) is 11.9. The third kappa shape index (κ3) is 4.90. The molecule has 3 heteroatoms. The van der Waals surface area contributed by atoms with Gasteiger partial charge in [-0.1, -0.05) is 42.2 Å². The Hall–Kier alpha value is -0.960. The van der Waals surface area contributed by atoms with E-state index in [4.69, 9.17) is 0 Å². The number of amides is 1. The number of nitrogens with one attached hydrogen (secondary N) is 1. The van der Waals surface area contributed by atoms with Gasteiger partial charge in [-0.3, -0.25) is 4.79 Å². The Labute approximate surface area is 120 Å². The van der Waals surface area contributed by atoms with Gasteiger partial charge >= 0.3 is 0 Å². The minimum absolute atomic E-state index is 0.196. The molecule has 1 N–H and O–H groups in total. The van der Waals surface area contributed by atoms with E-state index in [-0.39, 0.29) is 5.91 Å². The lowest BCUT2D eigenvalue weighted by molar-refractivity contribution is -0.119. The van der Waals surface area contributed by atoms with Crippen LogP contribution >= 0.6 is 11.8 Å². The quantitative estimate of drug-likeness (QED) is 0.891. The number of hydrogen-bond acceptors (Lipinski definition) is 2. The molecule has 1 aromatic carbocycles. The predicted molar refractivity (Wildman–Crippen MR) is 82.5 cm³/mol. The Bertz CT molecular complexity index is 418. The van der Waals surface area contributed by atoms with Gasteiger partial charge in [-0.2, -0.15) is 0 Å². The fourth-order valence-corrected chi connectivity index (χ4v) is 3.53. The molecular weight excluding hydrogens is 254 g/mol. The van der Waals surface area contributed by atoms with Gasteiger partial charge in [0.15, 0.2) is 0 Å². The zero-order chi connectivity index (χ0) is 13.7. The maximum atomic E-state index is 11.8. The first-order chi connectivity index (χ1) is 9.13. The van der Waals surface area contributed by atoms with E-state index in [9.17, 15) is 4.79 Å². The van der Waals surface area contributed by atoms with E-state index in [0.717, 1.165) is 18.6 Å². The molecule has 0 radical (unpaired) electrons. The van der Waals surface area contributed by atoms with Crippen LogP contribution in [0.2, 0.25) is 0 Å². The van der Waals surface area contributed by atoms with Crippen LogP contribution in [-0.4, -0.2) is 17.7 Å². The molecule has 19 heavy (non-hydrogen) atoms. The molecule has 1 saturated carbocycles. The molecule has 2 nitrogen and oxygen atoms in total. The van der Waals surface area contributed by atoms with Crippen molar-refractivity contribution >= 4 is 17.7 Å². The molecule has 0 aromatic heterocycles. The fraction of sp³-hybridized carbons (Fsp3) is 0.562. The van der Waals surface area contributed by atoms with E-state index in [1.807, 2.05) is 0 Å². The van der Waals surface area contributed by atoms with Crippen molar-refractivity contribution in [3.8, 4) is 0 Å². The van der Waals surface area contributed by atoms with Gasteiger partial charge in [0.1, 0.15) is 0 Å². The highest BCUT2D eigenvalue weighted by molar-refractivity contribution is 7.99. The van der Waals surface area contributed by atoms with Crippen molar-refractivity contribution < 1.29 is 4.79 Å². The summed E-state index contributed by atoms with van der Waals surface area (Å²) in [6.45, 7) is 4.24. The van der Waals surface area contributed by atoms with Crippen molar-refractivity contribution in [2.24, 2.45) is 0 Å². The van der Waals surface area contributed by atoms with Crippen LogP contribution in [0.1, 0.15) is 42.4 Å². The van der Waals surface area contributed by atoms with Crippen LogP contribution in [0, 0.1) is 13.8 Å². The molecule has 0 atom stereocenters. The Morgan fingerprint density at radius 2 is 1.84 bits per heavy atom. The summed E-state index contributed by atoms with van der Waals surface area (Å²) >= 11 is 1.70. The van der Waals surface area contributed by atoms with Gasteiger partial charge in [0.05, 0.1) is 5.75 Å². The minimum Gasteiger partial charge on any atom is -0.353 e. The fourth-order valence-electron chi connectivity index (χ4n) is 2.75. The van der Waals surface area contributed by atoms with Gasteiger partial charge in [0, 0.05) is 11.8 Å². The van der Waals surface area contributed by atoms with Gasteiger partial charge in [0.25, 0.3) is 0 Å². The first-order valence-electron chi connectivity index (χ1n) is 7.08. The Balaban J connectivity index is 1.71. The number of carbonyl (C=O) groups excluding carboxylic acids is 1. The second-order valence-corrected chi connectivity index (χ2v) is 6.52. The monoisotopic (exact) mass is 277 g/mol. The molecule has 1 aliphatic rings.